The van der Waals surface area contributed by atoms with Crippen LogP contribution in [0.5, 0.6) is 0 Å². The summed E-state index contributed by atoms with van der Waals surface area (Å²) in [6.45, 7) is 11.1. The average Bonchev–Trinajstić information content (AvgIpc) is 2.75. The van der Waals surface area contributed by atoms with Gasteiger partial charge in [0.15, 0.2) is 0 Å². The van der Waals surface area contributed by atoms with Gasteiger partial charge in [-0.2, -0.15) is 0 Å². The van der Waals surface area contributed by atoms with Gasteiger partial charge in [-0.25, -0.2) is 0 Å². The lowest BCUT2D eigenvalue weighted by Crippen LogP contribution is -2.46. The first-order chi connectivity index (χ1) is 7.40. The summed E-state index contributed by atoms with van der Waals surface area (Å²) < 4.78 is 0. The normalized spacial score (nSPS) is 26.3. The molecule has 0 bridgehead atoms. The van der Waals surface area contributed by atoms with Gasteiger partial charge in [-0.05, 0) is 25.8 Å². The Hall–Kier alpha value is 0.460. The van der Waals surface area contributed by atoms with Gasteiger partial charge in [0.25, 0.3) is 0 Å². The number of hydrogen-bond donors (Lipinski definition) is 1. The van der Waals surface area contributed by atoms with Gasteiger partial charge in [-0.3, -0.25) is 9.80 Å². The zero-order chi connectivity index (χ0) is 10.5. The standard InChI is InChI=1S/C12H25N3.2ClH/c1-2-12-4-3-7-15(12)11-10-14-8-5-13-6-9-14;;/h12-13H,2-11H2,1H3;2*1H. The molecule has 0 radical (unpaired) electrons. The number of likely N-dealkylation sites (tertiary alicyclic amines) is 1. The van der Waals surface area contributed by atoms with Crippen molar-refractivity contribution in [2.24, 2.45) is 0 Å². The van der Waals surface area contributed by atoms with Crippen molar-refractivity contribution >= 4 is 24.8 Å². The smallest absolute Gasteiger partial charge is 0.0112 e. The van der Waals surface area contributed by atoms with E-state index in [0.717, 1.165) is 6.04 Å². The van der Waals surface area contributed by atoms with Gasteiger partial charge < -0.3 is 5.32 Å². The molecule has 0 aliphatic carbocycles. The van der Waals surface area contributed by atoms with Crippen molar-refractivity contribution in [3.8, 4) is 0 Å². The van der Waals surface area contributed by atoms with E-state index in [0.29, 0.717) is 0 Å². The highest BCUT2D eigenvalue weighted by molar-refractivity contribution is 5.85. The molecule has 104 valence electrons. The van der Waals surface area contributed by atoms with Crippen LogP contribution in [0.15, 0.2) is 0 Å². The maximum absolute atomic E-state index is 3.41. The minimum atomic E-state index is 0. The molecule has 2 heterocycles. The first-order valence-corrected chi connectivity index (χ1v) is 6.57. The lowest BCUT2D eigenvalue weighted by Gasteiger charge is -2.30. The van der Waals surface area contributed by atoms with Crippen molar-refractivity contribution < 1.29 is 0 Å². The highest BCUT2D eigenvalue weighted by atomic mass is 35.5. The molecule has 0 aromatic rings. The highest BCUT2D eigenvalue weighted by Crippen LogP contribution is 2.19. The zero-order valence-electron chi connectivity index (χ0n) is 10.9. The molecule has 2 fully saturated rings. The van der Waals surface area contributed by atoms with E-state index in [2.05, 4.69) is 22.0 Å². The Labute approximate surface area is 118 Å². The molecule has 3 nitrogen and oxygen atoms in total. The summed E-state index contributed by atoms with van der Waals surface area (Å²) in [7, 11) is 0. The van der Waals surface area contributed by atoms with Crippen LogP contribution < -0.4 is 5.32 Å². The summed E-state index contributed by atoms with van der Waals surface area (Å²) >= 11 is 0. The maximum atomic E-state index is 3.41. The quantitative estimate of drug-likeness (QED) is 0.846. The Morgan fingerprint density at radius 1 is 1.06 bits per heavy atom. The van der Waals surface area contributed by atoms with Crippen LogP contribution in [0, 0.1) is 0 Å². The topological polar surface area (TPSA) is 18.5 Å². The van der Waals surface area contributed by atoms with Crippen LogP contribution in [0.1, 0.15) is 26.2 Å². The molecule has 0 saturated carbocycles. The van der Waals surface area contributed by atoms with Gasteiger partial charge in [-0.15, -0.1) is 24.8 Å². The zero-order valence-corrected chi connectivity index (χ0v) is 12.5. The molecule has 0 aromatic heterocycles. The van der Waals surface area contributed by atoms with Crippen LogP contribution in [0.25, 0.3) is 0 Å². The van der Waals surface area contributed by atoms with E-state index >= 15 is 0 Å². The Morgan fingerprint density at radius 3 is 2.41 bits per heavy atom. The fraction of sp³-hybridized carbons (Fsp3) is 1.00. The number of nitrogens with zero attached hydrogens (tertiary/aromatic N) is 2. The van der Waals surface area contributed by atoms with Gasteiger partial charge in [-0.1, -0.05) is 6.92 Å². The maximum Gasteiger partial charge on any atom is 0.0112 e. The lowest BCUT2D eigenvalue weighted by molar-refractivity contribution is 0.178. The molecule has 2 saturated heterocycles. The Bertz CT molecular complexity index is 187. The summed E-state index contributed by atoms with van der Waals surface area (Å²) in [5, 5.41) is 3.41. The number of halogens is 2. The molecule has 2 rings (SSSR count). The molecule has 2 aliphatic heterocycles. The minimum Gasteiger partial charge on any atom is -0.314 e. The third-order valence-corrected chi connectivity index (χ3v) is 3.88. The molecule has 5 heteroatoms. The van der Waals surface area contributed by atoms with Crippen molar-refractivity contribution in [3.63, 3.8) is 0 Å². The Balaban J connectivity index is 0.00000128. The molecule has 2 aliphatic rings. The fourth-order valence-corrected chi connectivity index (χ4v) is 2.86. The average molecular weight is 284 g/mol. The second-order valence-electron chi connectivity index (χ2n) is 4.83. The van der Waals surface area contributed by atoms with Crippen LogP contribution in [-0.2, 0) is 0 Å². The third kappa shape index (κ3) is 5.31. The largest absolute Gasteiger partial charge is 0.314 e. The summed E-state index contributed by atoms with van der Waals surface area (Å²) in [6, 6.07) is 0.882. The predicted molar refractivity (Wildman–Crippen MR) is 78.7 cm³/mol. The predicted octanol–water partition coefficient (Wildman–Crippen LogP) is 1.61. The molecule has 17 heavy (non-hydrogen) atoms. The van der Waals surface area contributed by atoms with E-state index in [1.165, 1.54) is 65.1 Å². The SMILES string of the molecule is CCC1CCCN1CCN1CCNCC1.Cl.Cl. The minimum absolute atomic E-state index is 0. The summed E-state index contributed by atoms with van der Waals surface area (Å²) in [6.07, 6.45) is 4.18. The third-order valence-electron chi connectivity index (χ3n) is 3.88. The van der Waals surface area contributed by atoms with Crippen LogP contribution >= 0.6 is 24.8 Å². The lowest BCUT2D eigenvalue weighted by atomic mass is 10.2. The monoisotopic (exact) mass is 283 g/mol. The van der Waals surface area contributed by atoms with Crippen LogP contribution in [0.2, 0.25) is 0 Å². The van der Waals surface area contributed by atoms with Gasteiger partial charge in [0.05, 0.1) is 0 Å². The van der Waals surface area contributed by atoms with Crippen LogP contribution in [0.3, 0.4) is 0 Å². The summed E-state index contributed by atoms with van der Waals surface area (Å²) in [4.78, 5) is 5.30. The van der Waals surface area contributed by atoms with Crippen molar-refractivity contribution in [1.82, 2.24) is 15.1 Å². The van der Waals surface area contributed by atoms with Gasteiger partial charge in [0.1, 0.15) is 0 Å². The van der Waals surface area contributed by atoms with Crippen LogP contribution in [0.4, 0.5) is 0 Å². The van der Waals surface area contributed by atoms with E-state index < -0.39 is 0 Å². The second-order valence-corrected chi connectivity index (χ2v) is 4.83. The number of rotatable bonds is 4. The number of nitrogens with one attached hydrogen (secondary N) is 1. The van der Waals surface area contributed by atoms with Crippen molar-refractivity contribution in [1.29, 1.82) is 0 Å². The number of hydrogen-bond acceptors (Lipinski definition) is 3. The van der Waals surface area contributed by atoms with Crippen LogP contribution in [-0.4, -0.2) is 61.7 Å². The van der Waals surface area contributed by atoms with Gasteiger partial charge in [0, 0.05) is 45.3 Å². The second kappa shape index (κ2) is 9.40. The van der Waals surface area contributed by atoms with E-state index in [1.807, 2.05) is 0 Å². The first kappa shape index (κ1) is 17.5. The molecule has 0 aromatic carbocycles. The molecule has 0 amide bonds. The fourth-order valence-electron chi connectivity index (χ4n) is 2.86. The van der Waals surface area contributed by atoms with E-state index in [4.69, 9.17) is 0 Å². The van der Waals surface area contributed by atoms with Crippen molar-refractivity contribution in [2.45, 2.75) is 32.2 Å². The summed E-state index contributed by atoms with van der Waals surface area (Å²) in [5.41, 5.74) is 0. The molecule has 0 spiro atoms. The number of piperazine rings is 1. The van der Waals surface area contributed by atoms with E-state index in [9.17, 15) is 0 Å². The molecular formula is C12H27Cl2N3. The van der Waals surface area contributed by atoms with Gasteiger partial charge in [0.2, 0.25) is 0 Å². The van der Waals surface area contributed by atoms with E-state index in [1.54, 1.807) is 0 Å². The first-order valence-electron chi connectivity index (χ1n) is 6.57. The highest BCUT2D eigenvalue weighted by Gasteiger charge is 2.22. The summed E-state index contributed by atoms with van der Waals surface area (Å²) in [5.74, 6) is 0. The Kier molecular flexibility index (Phi) is 9.65. The van der Waals surface area contributed by atoms with Crippen molar-refractivity contribution in [3.05, 3.63) is 0 Å². The molecular weight excluding hydrogens is 257 g/mol. The molecule has 1 N–H and O–H groups in total. The Morgan fingerprint density at radius 2 is 1.76 bits per heavy atom. The molecule has 1 unspecified atom stereocenters. The van der Waals surface area contributed by atoms with Crippen molar-refractivity contribution in [2.75, 3.05) is 45.8 Å². The van der Waals surface area contributed by atoms with E-state index in [-0.39, 0.29) is 24.8 Å². The van der Waals surface area contributed by atoms with Gasteiger partial charge >= 0.3 is 0 Å². The molecule has 1 atom stereocenters.